The Morgan fingerprint density at radius 1 is 1.32 bits per heavy atom. The number of carbonyl (C=O) groups is 1. The Morgan fingerprint density at radius 2 is 2.07 bits per heavy atom. The molecule has 0 aliphatic carbocycles. The zero-order chi connectivity index (χ0) is 20.4. The van der Waals surface area contributed by atoms with Crippen LogP contribution in [0.1, 0.15) is 16.1 Å². The fraction of sp³-hybridized carbons (Fsp3) is 0.200. The lowest BCUT2D eigenvalue weighted by atomic mass is 10.2. The normalized spacial score (nSPS) is 11.9. The van der Waals surface area contributed by atoms with Crippen molar-refractivity contribution in [1.29, 1.82) is 0 Å². The van der Waals surface area contributed by atoms with Crippen molar-refractivity contribution in [3.05, 3.63) is 40.9 Å². The number of carboxylic acid groups (broad SMARTS) is 1. The Kier molecular flexibility index (Phi) is 8.38. The Hall–Kier alpha value is -2.48. The summed E-state index contributed by atoms with van der Waals surface area (Å²) >= 11 is 3.02. The van der Waals surface area contributed by atoms with Crippen LogP contribution in [0, 0.1) is 0 Å². The van der Waals surface area contributed by atoms with Crippen molar-refractivity contribution in [2.45, 2.75) is 10.6 Å². The van der Waals surface area contributed by atoms with E-state index < -0.39 is 16.0 Å². The van der Waals surface area contributed by atoms with Gasteiger partial charge in [-0.15, -0.1) is 11.3 Å². The highest BCUT2D eigenvalue weighted by Crippen LogP contribution is 2.21. The molecule has 28 heavy (non-hydrogen) atoms. The Labute approximate surface area is 170 Å². The molecule has 150 valence electrons. The number of nitrogens with zero attached hydrogens (tertiary/aromatic N) is 3. The number of nitrogens with one attached hydrogen (secondary N) is 2. The van der Waals surface area contributed by atoms with Gasteiger partial charge in [0.25, 0.3) is 10.0 Å². The maximum atomic E-state index is 12.1. The molecule has 2 aromatic rings. The van der Waals surface area contributed by atoms with E-state index in [1.807, 2.05) is 5.38 Å². The minimum atomic E-state index is -3.78. The molecule has 0 aliphatic rings. The van der Waals surface area contributed by atoms with E-state index in [2.05, 4.69) is 25.1 Å². The van der Waals surface area contributed by atoms with Crippen molar-refractivity contribution < 1.29 is 18.3 Å². The average molecular weight is 443 g/mol. The van der Waals surface area contributed by atoms with Gasteiger partial charge in [-0.3, -0.25) is 9.71 Å². The van der Waals surface area contributed by atoms with Crippen molar-refractivity contribution in [1.82, 2.24) is 15.1 Å². The van der Waals surface area contributed by atoms with Gasteiger partial charge in [-0.25, -0.2) is 29.0 Å². The lowest BCUT2D eigenvalue weighted by Gasteiger charge is -2.03. The summed E-state index contributed by atoms with van der Waals surface area (Å²) in [7, 11) is -3.78. The lowest BCUT2D eigenvalue weighted by Crippen LogP contribution is -2.22. The third-order valence-corrected chi connectivity index (χ3v) is 6.19. The van der Waals surface area contributed by atoms with Gasteiger partial charge in [0, 0.05) is 23.4 Å². The number of aromatic nitrogens is 1. The Bertz CT molecular complexity index is 941. The summed E-state index contributed by atoms with van der Waals surface area (Å²) in [6.07, 6.45) is 2.47. The second kappa shape index (κ2) is 10.8. The van der Waals surface area contributed by atoms with E-state index in [1.165, 1.54) is 41.9 Å². The molecular formula is C15H18N6O4S3. The lowest BCUT2D eigenvalue weighted by molar-refractivity contribution is 0.0696. The molecule has 1 heterocycles. The smallest absolute Gasteiger partial charge is 0.335 e. The number of carboxylic acids is 1. The molecule has 5 N–H and O–H groups in total. The summed E-state index contributed by atoms with van der Waals surface area (Å²) in [5.41, 5.74) is 3.22. The second-order valence-electron chi connectivity index (χ2n) is 5.08. The number of benzene rings is 1. The average Bonchev–Trinajstić information content (AvgIpc) is 3.13. The molecule has 0 spiro atoms. The SMILES string of the molecule is NN/C=N/c1nc(CSCCN=CNS(=O)(=O)c2ccc(C(=O)O)cc2)cs1. The van der Waals surface area contributed by atoms with Gasteiger partial charge in [-0.2, -0.15) is 11.8 Å². The molecule has 1 aromatic heterocycles. The number of thiazole rings is 1. The van der Waals surface area contributed by atoms with Crippen LogP contribution in [-0.4, -0.2) is 49.5 Å². The number of aliphatic imine (C=N–C) groups is 2. The van der Waals surface area contributed by atoms with Gasteiger partial charge in [0.15, 0.2) is 0 Å². The molecule has 13 heteroatoms. The Balaban J connectivity index is 1.72. The molecular weight excluding hydrogens is 424 g/mol. The third-order valence-electron chi connectivity index (χ3n) is 3.11. The van der Waals surface area contributed by atoms with Gasteiger partial charge in [0.2, 0.25) is 5.13 Å². The van der Waals surface area contributed by atoms with Crippen LogP contribution in [0.2, 0.25) is 0 Å². The number of sulfonamides is 1. The largest absolute Gasteiger partial charge is 0.478 e. The van der Waals surface area contributed by atoms with Gasteiger partial charge in [0.1, 0.15) is 6.34 Å². The molecule has 0 unspecified atom stereocenters. The summed E-state index contributed by atoms with van der Waals surface area (Å²) in [5, 5.41) is 11.3. The first kappa shape index (κ1) is 21.8. The van der Waals surface area contributed by atoms with E-state index in [9.17, 15) is 13.2 Å². The number of hydrazine groups is 1. The topological polar surface area (TPSA) is 159 Å². The molecule has 2 rings (SSSR count). The van der Waals surface area contributed by atoms with Crippen molar-refractivity contribution in [3.63, 3.8) is 0 Å². The van der Waals surface area contributed by atoms with E-state index in [0.717, 1.165) is 12.0 Å². The first-order chi connectivity index (χ1) is 13.4. The molecule has 0 saturated heterocycles. The van der Waals surface area contributed by atoms with Crippen LogP contribution in [0.15, 0.2) is 44.5 Å². The van der Waals surface area contributed by atoms with Gasteiger partial charge in [0.05, 0.1) is 22.5 Å². The second-order valence-corrected chi connectivity index (χ2v) is 8.74. The maximum absolute atomic E-state index is 12.1. The molecule has 0 bridgehead atoms. The minimum absolute atomic E-state index is 0.0136. The van der Waals surface area contributed by atoms with Crippen molar-refractivity contribution in [2.24, 2.45) is 15.8 Å². The molecule has 0 fully saturated rings. The fourth-order valence-electron chi connectivity index (χ4n) is 1.82. The van der Waals surface area contributed by atoms with Crippen LogP contribution in [0.4, 0.5) is 5.13 Å². The number of hydrogen-bond donors (Lipinski definition) is 4. The molecule has 0 amide bonds. The molecule has 0 radical (unpaired) electrons. The summed E-state index contributed by atoms with van der Waals surface area (Å²) in [6, 6.07) is 4.91. The summed E-state index contributed by atoms with van der Waals surface area (Å²) in [5.74, 6) is 5.35. The number of thioether (sulfide) groups is 1. The number of nitrogens with two attached hydrogens (primary N) is 1. The van der Waals surface area contributed by atoms with Crippen molar-refractivity contribution in [3.8, 4) is 0 Å². The third kappa shape index (κ3) is 6.92. The highest BCUT2D eigenvalue weighted by atomic mass is 32.2. The van der Waals surface area contributed by atoms with E-state index in [1.54, 1.807) is 11.8 Å². The van der Waals surface area contributed by atoms with Crippen molar-refractivity contribution in [2.75, 3.05) is 12.3 Å². The van der Waals surface area contributed by atoms with E-state index >= 15 is 0 Å². The van der Waals surface area contributed by atoms with Crippen molar-refractivity contribution >= 4 is 56.9 Å². The first-order valence-corrected chi connectivity index (χ1v) is 11.3. The van der Waals surface area contributed by atoms with E-state index in [0.29, 0.717) is 23.2 Å². The van der Waals surface area contributed by atoms with Crippen LogP contribution in [0.5, 0.6) is 0 Å². The highest BCUT2D eigenvalue weighted by molar-refractivity contribution is 7.98. The summed E-state index contributed by atoms with van der Waals surface area (Å²) in [4.78, 5) is 23.1. The predicted octanol–water partition coefficient (Wildman–Crippen LogP) is 1.20. The van der Waals surface area contributed by atoms with Crippen LogP contribution in [0.3, 0.4) is 0 Å². The Morgan fingerprint density at radius 3 is 2.75 bits per heavy atom. The highest BCUT2D eigenvalue weighted by Gasteiger charge is 2.13. The summed E-state index contributed by atoms with van der Waals surface area (Å²) in [6.45, 7) is 0.428. The van der Waals surface area contributed by atoms with Crippen LogP contribution in [-0.2, 0) is 15.8 Å². The van der Waals surface area contributed by atoms with Gasteiger partial charge in [-0.05, 0) is 24.3 Å². The zero-order valence-electron chi connectivity index (χ0n) is 14.5. The molecule has 0 saturated carbocycles. The molecule has 1 aromatic carbocycles. The molecule has 10 nitrogen and oxygen atoms in total. The number of hydrogen-bond acceptors (Lipinski definition) is 9. The van der Waals surface area contributed by atoms with Gasteiger partial charge in [-0.1, -0.05) is 0 Å². The van der Waals surface area contributed by atoms with Crippen LogP contribution >= 0.6 is 23.1 Å². The number of aromatic carboxylic acids is 1. The van der Waals surface area contributed by atoms with Crippen LogP contribution in [0.25, 0.3) is 0 Å². The van der Waals surface area contributed by atoms with Gasteiger partial charge >= 0.3 is 5.97 Å². The maximum Gasteiger partial charge on any atom is 0.335 e. The van der Waals surface area contributed by atoms with E-state index in [4.69, 9.17) is 10.9 Å². The first-order valence-electron chi connectivity index (χ1n) is 7.77. The fourth-order valence-corrected chi connectivity index (χ4v) is 4.17. The minimum Gasteiger partial charge on any atom is -0.478 e. The monoisotopic (exact) mass is 442 g/mol. The molecule has 0 atom stereocenters. The summed E-state index contributed by atoms with van der Waals surface area (Å²) < 4.78 is 26.4. The number of rotatable bonds is 11. The quantitative estimate of drug-likeness (QED) is 0.133. The van der Waals surface area contributed by atoms with E-state index in [-0.39, 0.29) is 10.5 Å². The zero-order valence-corrected chi connectivity index (χ0v) is 16.9. The van der Waals surface area contributed by atoms with Gasteiger partial charge < -0.3 is 10.5 Å². The van der Waals surface area contributed by atoms with Crippen LogP contribution < -0.4 is 16.0 Å². The standard InChI is InChI=1S/C15H18N6O4S3/c16-19-10-18-15-21-12(8-27-15)7-26-6-5-17-9-20-28(24,25)13-3-1-11(2-4-13)14(22)23/h1-4,8-10H,5-7,16H2,(H,17,20)(H,22,23)(H,18,19,21). The predicted molar refractivity (Wildman–Crippen MR) is 111 cm³/mol. The molecule has 0 aliphatic heterocycles.